The standard InChI is InChI=1S/C11H20O/c1-6-7-8-10(12)11(4,5)9(2)3/h6,9H,1,7-8H2,2-5H3. The smallest absolute Gasteiger partial charge is 0.139 e. The highest BCUT2D eigenvalue weighted by atomic mass is 16.1. The van der Waals surface area contributed by atoms with E-state index in [2.05, 4.69) is 20.4 Å². The molecular weight excluding hydrogens is 148 g/mol. The molecule has 0 fully saturated rings. The van der Waals surface area contributed by atoms with Gasteiger partial charge in [-0.05, 0) is 12.3 Å². The summed E-state index contributed by atoms with van der Waals surface area (Å²) in [7, 11) is 0. The predicted octanol–water partition coefficient (Wildman–Crippen LogP) is 3.20. The van der Waals surface area contributed by atoms with E-state index in [9.17, 15) is 4.79 Å². The molecule has 0 saturated heterocycles. The van der Waals surface area contributed by atoms with Crippen molar-refractivity contribution in [3.8, 4) is 0 Å². The number of carbonyl (C=O) groups excluding carboxylic acids is 1. The van der Waals surface area contributed by atoms with Crippen LogP contribution in [0.4, 0.5) is 0 Å². The van der Waals surface area contributed by atoms with Gasteiger partial charge in [-0.1, -0.05) is 33.8 Å². The third-order valence-corrected chi connectivity index (χ3v) is 2.74. The molecular formula is C11H20O. The monoisotopic (exact) mass is 168 g/mol. The minimum atomic E-state index is -0.178. The van der Waals surface area contributed by atoms with Gasteiger partial charge in [-0.2, -0.15) is 0 Å². The van der Waals surface area contributed by atoms with Crippen LogP contribution < -0.4 is 0 Å². The highest BCUT2D eigenvalue weighted by molar-refractivity contribution is 5.84. The van der Waals surface area contributed by atoms with Gasteiger partial charge in [-0.25, -0.2) is 0 Å². The third-order valence-electron chi connectivity index (χ3n) is 2.74. The number of Topliss-reactive ketones (excluding diaryl/α,β-unsaturated/α-hetero) is 1. The maximum Gasteiger partial charge on any atom is 0.139 e. The molecule has 0 unspecified atom stereocenters. The number of rotatable bonds is 5. The Morgan fingerprint density at radius 3 is 2.33 bits per heavy atom. The summed E-state index contributed by atoms with van der Waals surface area (Å²) in [6, 6.07) is 0. The normalized spacial score (nSPS) is 11.8. The number of carbonyl (C=O) groups is 1. The summed E-state index contributed by atoms with van der Waals surface area (Å²) in [5.41, 5.74) is -0.178. The van der Waals surface area contributed by atoms with Crippen LogP contribution in [0, 0.1) is 11.3 Å². The third kappa shape index (κ3) is 2.80. The van der Waals surface area contributed by atoms with Gasteiger partial charge in [0.2, 0.25) is 0 Å². The van der Waals surface area contributed by atoms with Crippen LogP contribution in [0.25, 0.3) is 0 Å². The summed E-state index contributed by atoms with van der Waals surface area (Å²) in [5, 5.41) is 0. The molecule has 0 spiro atoms. The molecule has 0 heterocycles. The van der Waals surface area contributed by atoms with E-state index in [4.69, 9.17) is 0 Å². The first kappa shape index (κ1) is 11.4. The zero-order valence-electron chi connectivity index (χ0n) is 8.68. The topological polar surface area (TPSA) is 17.1 Å². The second kappa shape index (κ2) is 4.44. The van der Waals surface area contributed by atoms with Crippen LogP contribution in [0.5, 0.6) is 0 Å². The molecule has 70 valence electrons. The van der Waals surface area contributed by atoms with Gasteiger partial charge >= 0.3 is 0 Å². The van der Waals surface area contributed by atoms with Gasteiger partial charge in [0.05, 0.1) is 0 Å². The summed E-state index contributed by atoms with van der Waals surface area (Å²) in [4.78, 5) is 11.6. The second-order valence-electron chi connectivity index (χ2n) is 4.13. The molecule has 0 aliphatic carbocycles. The molecule has 0 saturated carbocycles. The maximum absolute atomic E-state index is 11.6. The Balaban J connectivity index is 4.15. The van der Waals surface area contributed by atoms with E-state index in [1.807, 2.05) is 13.8 Å². The van der Waals surface area contributed by atoms with Crippen LogP contribution in [-0.2, 0) is 4.79 Å². The molecule has 0 atom stereocenters. The molecule has 12 heavy (non-hydrogen) atoms. The number of hydrogen-bond donors (Lipinski definition) is 0. The van der Waals surface area contributed by atoms with Gasteiger partial charge in [-0.3, -0.25) is 4.79 Å². The molecule has 1 nitrogen and oxygen atoms in total. The Hall–Kier alpha value is -0.590. The fraction of sp³-hybridized carbons (Fsp3) is 0.727. The zero-order valence-corrected chi connectivity index (χ0v) is 8.68. The first-order chi connectivity index (χ1) is 5.42. The quantitative estimate of drug-likeness (QED) is 0.576. The van der Waals surface area contributed by atoms with Crippen molar-refractivity contribution >= 4 is 5.78 Å². The average Bonchev–Trinajstić information content (AvgIpc) is 1.99. The number of ketones is 1. The minimum absolute atomic E-state index is 0.178. The summed E-state index contributed by atoms with van der Waals surface area (Å²) < 4.78 is 0. The molecule has 0 aliphatic rings. The molecule has 0 aliphatic heterocycles. The molecule has 0 rings (SSSR count). The van der Waals surface area contributed by atoms with Gasteiger partial charge in [0, 0.05) is 11.8 Å². The van der Waals surface area contributed by atoms with E-state index in [1.165, 1.54) is 0 Å². The molecule has 0 amide bonds. The fourth-order valence-corrected chi connectivity index (χ4v) is 0.877. The van der Waals surface area contributed by atoms with Gasteiger partial charge in [-0.15, -0.1) is 6.58 Å². The molecule has 0 aromatic carbocycles. The van der Waals surface area contributed by atoms with Crippen molar-refractivity contribution in [2.75, 3.05) is 0 Å². The Morgan fingerprint density at radius 1 is 1.50 bits per heavy atom. The van der Waals surface area contributed by atoms with E-state index in [0.717, 1.165) is 6.42 Å². The summed E-state index contributed by atoms with van der Waals surface area (Å²) in [6.45, 7) is 11.8. The van der Waals surface area contributed by atoms with Crippen molar-refractivity contribution in [3.05, 3.63) is 12.7 Å². The zero-order chi connectivity index (χ0) is 9.78. The van der Waals surface area contributed by atoms with Crippen molar-refractivity contribution in [1.82, 2.24) is 0 Å². The molecule has 0 bridgehead atoms. The van der Waals surface area contributed by atoms with E-state index in [1.54, 1.807) is 6.08 Å². The second-order valence-corrected chi connectivity index (χ2v) is 4.13. The lowest BCUT2D eigenvalue weighted by molar-refractivity contribution is -0.129. The summed E-state index contributed by atoms with van der Waals surface area (Å²) in [6.07, 6.45) is 3.23. The first-order valence-corrected chi connectivity index (χ1v) is 4.57. The molecule has 0 aromatic rings. The van der Waals surface area contributed by atoms with Crippen LogP contribution in [0.15, 0.2) is 12.7 Å². The molecule has 1 heteroatoms. The van der Waals surface area contributed by atoms with E-state index >= 15 is 0 Å². The fourth-order valence-electron chi connectivity index (χ4n) is 0.877. The van der Waals surface area contributed by atoms with E-state index in [0.29, 0.717) is 18.1 Å². The van der Waals surface area contributed by atoms with Crippen molar-refractivity contribution in [1.29, 1.82) is 0 Å². The Morgan fingerprint density at radius 2 is 2.00 bits per heavy atom. The maximum atomic E-state index is 11.6. The number of allylic oxidation sites excluding steroid dienone is 1. The van der Waals surface area contributed by atoms with Crippen LogP contribution in [0.2, 0.25) is 0 Å². The summed E-state index contributed by atoms with van der Waals surface area (Å²) >= 11 is 0. The highest BCUT2D eigenvalue weighted by Gasteiger charge is 2.29. The van der Waals surface area contributed by atoms with Crippen molar-refractivity contribution in [2.45, 2.75) is 40.5 Å². The molecule has 0 N–H and O–H groups in total. The van der Waals surface area contributed by atoms with Crippen molar-refractivity contribution in [2.24, 2.45) is 11.3 Å². The first-order valence-electron chi connectivity index (χ1n) is 4.57. The van der Waals surface area contributed by atoms with Crippen LogP contribution in [0.1, 0.15) is 40.5 Å². The molecule has 0 radical (unpaired) electrons. The van der Waals surface area contributed by atoms with E-state index in [-0.39, 0.29) is 5.41 Å². The minimum Gasteiger partial charge on any atom is -0.299 e. The van der Waals surface area contributed by atoms with Crippen LogP contribution in [-0.4, -0.2) is 5.78 Å². The van der Waals surface area contributed by atoms with Gasteiger partial charge in [0.15, 0.2) is 0 Å². The lowest BCUT2D eigenvalue weighted by Gasteiger charge is -2.27. The Kier molecular flexibility index (Phi) is 4.22. The van der Waals surface area contributed by atoms with Gasteiger partial charge in [0.1, 0.15) is 5.78 Å². The van der Waals surface area contributed by atoms with Crippen LogP contribution in [0.3, 0.4) is 0 Å². The van der Waals surface area contributed by atoms with Crippen molar-refractivity contribution < 1.29 is 4.79 Å². The van der Waals surface area contributed by atoms with Crippen molar-refractivity contribution in [3.63, 3.8) is 0 Å². The Labute approximate surface area is 75.9 Å². The molecule has 0 aromatic heterocycles. The SMILES string of the molecule is C=CCCC(=O)C(C)(C)C(C)C. The van der Waals surface area contributed by atoms with Gasteiger partial charge < -0.3 is 0 Å². The average molecular weight is 168 g/mol. The number of hydrogen-bond acceptors (Lipinski definition) is 1. The van der Waals surface area contributed by atoms with Crippen LogP contribution >= 0.6 is 0 Å². The lowest BCUT2D eigenvalue weighted by atomic mass is 9.76. The lowest BCUT2D eigenvalue weighted by Crippen LogP contribution is -2.29. The largest absolute Gasteiger partial charge is 0.299 e. The van der Waals surface area contributed by atoms with E-state index < -0.39 is 0 Å². The predicted molar refractivity (Wildman–Crippen MR) is 53.1 cm³/mol. The Bertz CT molecular complexity index is 166. The highest BCUT2D eigenvalue weighted by Crippen LogP contribution is 2.28. The summed E-state index contributed by atoms with van der Waals surface area (Å²) in [5.74, 6) is 0.757. The van der Waals surface area contributed by atoms with Gasteiger partial charge in [0.25, 0.3) is 0 Å².